The number of fused-ring (bicyclic) bond motifs is 33. The van der Waals surface area contributed by atoms with Gasteiger partial charge in [0, 0.05) is 109 Å². The first kappa shape index (κ1) is 83.4. The lowest BCUT2D eigenvalue weighted by molar-refractivity contribution is 0.659. The summed E-state index contributed by atoms with van der Waals surface area (Å²) >= 11 is 0. The molecule has 0 saturated heterocycles. The molecular weight excluding hydrogens is 1750 g/mol. The summed E-state index contributed by atoms with van der Waals surface area (Å²) in [4.78, 5) is 0. The zero-order valence-electron chi connectivity index (χ0n) is 81.2. The summed E-state index contributed by atoms with van der Waals surface area (Å²) in [5, 5.41) is 14.7. The summed E-state index contributed by atoms with van der Waals surface area (Å²) < 4.78 is 26.0. The van der Waals surface area contributed by atoms with Crippen molar-refractivity contribution >= 4 is 131 Å². The minimum absolute atomic E-state index is 0.103. The van der Waals surface area contributed by atoms with Crippen LogP contribution in [0.5, 0.6) is 0 Å². The molecule has 0 fully saturated rings. The van der Waals surface area contributed by atoms with Gasteiger partial charge in [-0.05, 0) is 242 Å². The quantitative estimate of drug-likeness (QED) is 0.152. The van der Waals surface area contributed by atoms with Crippen LogP contribution in [0.25, 0.3) is 248 Å². The van der Waals surface area contributed by atoms with Crippen molar-refractivity contribution in [1.29, 1.82) is 0 Å². The third-order valence-electron chi connectivity index (χ3n) is 32.8. The minimum Gasteiger partial charge on any atom is -0.456 e. The highest BCUT2D eigenvalue weighted by Gasteiger charge is 2.43. The smallest absolute Gasteiger partial charge is 0.143 e. The van der Waals surface area contributed by atoms with E-state index >= 15 is 0 Å². The second-order valence-electron chi connectivity index (χ2n) is 42.0. The van der Waals surface area contributed by atoms with Crippen molar-refractivity contribution in [3.05, 3.63) is 487 Å². The molecule has 0 spiro atoms. The fourth-order valence-electron chi connectivity index (χ4n) is 25.9. The average molecular weight is 1850 g/mol. The van der Waals surface area contributed by atoms with E-state index < -0.39 is 0 Å². The number of hydrogen-bond donors (Lipinski definition) is 0. The Hall–Kier alpha value is -17.6. The van der Waals surface area contributed by atoms with Crippen molar-refractivity contribution < 1.29 is 13.3 Å². The molecule has 0 unspecified atom stereocenters. The van der Waals surface area contributed by atoms with Crippen LogP contribution >= 0.6 is 0 Å². The van der Waals surface area contributed by atoms with Gasteiger partial charge in [0.1, 0.15) is 33.5 Å². The first-order valence-corrected chi connectivity index (χ1v) is 50.4. The summed E-state index contributed by atoms with van der Waals surface area (Å²) in [6, 6.07) is 162. The maximum atomic E-state index is 6.32. The maximum absolute atomic E-state index is 6.32. The van der Waals surface area contributed by atoms with Crippen LogP contribution in [0.2, 0.25) is 0 Å². The molecule has 6 nitrogen and oxygen atoms in total. The lowest BCUT2D eigenvalue weighted by atomic mass is 9.81. The Morgan fingerprint density at radius 1 is 0.160 bits per heavy atom. The molecule has 0 N–H and O–H groups in total. The number of rotatable bonds is 8. The molecule has 21 aromatic carbocycles. The molecule has 31 rings (SSSR count). The standard InChI is InChI=1S/C48H35NO.2C45H31NO/c1-47(2)40-26-29(28-18-24-44-38(25-28)35-13-7-10-16-43(35)50-44)17-20-32(40)33-21-19-30(27-41(33)47)49-42-15-9-6-12-34(42)37-23-22-36-31-11-5-8-14-39(31)48(3,4)45(36)46(37)49;1-45(2)39-15-6-3-10-33(39)36-26-27-37-34-11-4-7-16-40(34)46(43(37)42(36)45)31-24-22-29(23-25-31)28-18-20-30(21-19-28)32-13-9-14-38-35-12-5-8-17-41(35)47-44(32)38;1-45(2)39-12-6-3-9-33(39)36-24-25-37-34-10-4-7-13-40(34)46(44(37)43(36)45)32-22-19-29(20-23-32)28-15-17-30(18-16-28)31-21-26-42-38(27-31)35-11-5-8-14-41(35)47-42/h5-27H,1-4H3;2*3-27H,1-2H3. The fourth-order valence-corrected chi connectivity index (χ4v) is 25.9. The van der Waals surface area contributed by atoms with Crippen molar-refractivity contribution in [3.8, 4) is 117 Å². The van der Waals surface area contributed by atoms with Gasteiger partial charge in [-0.15, -0.1) is 0 Å². The first-order chi connectivity index (χ1) is 70.4. The zero-order chi connectivity index (χ0) is 96.1. The molecule has 0 bridgehead atoms. The molecule has 4 aliphatic carbocycles. The number of aromatic nitrogens is 3. The number of para-hydroxylation sites is 7. The van der Waals surface area contributed by atoms with E-state index in [1.807, 2.05) is 36.4 Å². The highest BCUT2D eigenvalue weighted by Crippen LogP contribution is 2.59. The molecule has 0 saturated carbocycles. The van der Waals surface area contributed by atoms with E-state index in [1.54, 1.807) is 0 Å². The van der Waals surface area contributed by atoms with Gasteiger partial charge in [0.05, 0.1) is 33.1 Å². The van der Waals surface area contributed by atoms with Crippen molar-refractivity contribution in [2.45, 2.75) is 77.0 Å². The lowest BCUT2D eigenvalue weighted by Gasteiger charge is -2.25. The van der Waals surface area contributed by atoms with E-state index in [1.165, 1.54) is 216 Å². The van der Waals surface area contributed by atoms with E-state index in [0.29, 0.717) is 0 Å². The van der Waals surface area contributed by atoms with Gasteiger partial charge in [0.25, 0.3) is 0 Å². The second-order valence-corrected chi connectivity index (χ2v) is 42.0. The molecule has 27 aromatic rings. The van der Waals surface area contributed by atoms with Crippen molar-refractivity contribution in [2.75, 3.05) is 0 Å². The Morgan fingerprint density at radius 3 is 0.875 bits per heavy atom. The van der Waals surface area contributed by atoms with Crippen molar-refractivity contribution in [1.82, 2.24) is 13.7 Å². The van der Waals surface area contributed by atoms with Crippen LogP contribution in [0.4, 0.5) is 0 Å². The Morgan fingerprint density at radius 2 is 0.438 bits per heavy atom. The van der Waals surface area contributed by atoms with Crippen molar-refractivity contribution in [2.24, 2.45) is 0 Å². The molecule has 0 atom stereocenters. The maximum Gasteiger partial charge on any atom is 0.143 e. The predicted molar refractivity (Wildman–Crippen MR) is 602 cm³/mol. The number of benzene rings is 21. The third-order valence-corrected chi connectivity index (χ3v) is 32.8. The van der Waals surface area contributed by atoms with Gasteiger partial charge < -0.3 is 27.0 Å². The van der Waals surface area contributed by atoms with E-state index in [2.05, 4.69) is 476 Å². The third kappa shape index (κ3) is 12.2. The SMILES string of the molecule is CC1(C)c2cc(-c3ccc4oc5ccccc5c4c3)ccc2-c2ccc(-n3c4ccccc4c4ccc5c(c43)C(C)(C)c3ccccc3-5)cc21.CC1(C)c2ccccc2-c2ccc3c4ccccc4n(-c4ccc(-c5ccc(-c6ccc7oc8ccccc8c7c6)cc5)cc4)c3c21.CC1(C)c2ccccc2-c2ccc3c4ccccc4n(-c4ccc(-c5ccc(-c6cccc7c6oc6ccccc67)cc5)cc4)c3c21. The van der Waals surface area contributed by atoms with Gasteiger partial charge in [0.15, 0.2) is 0 Å². The molecule has 6 aromatic heterocycles. The largest absolute Gasteiger partial charge is 0.456 e. The average Bonchev–Trinajstić information content (AvgIpc) is 1.53. The van der Waals surface area contributed by atoms with E-state index in [-0.39, 0.29) is 21.7 Å². The molecule has 144 heavy (non-hydrogen) atoms. The first-order valence-electron chi connectivity index (χ1n) is 50.4. The van der Waals surface area contributed by atoms with Crippen molar-refractivity contribution in [3.63, 3.8) is 0 Å². The van der Waals surface area contributed by atoms with Crippen LogP contribution in [-0.4, -0.2) is 13.7 Å². The van der Waals surface area contributed by atoms with Crippen LogP contribution in [0.15, 0.2) is 456 Å². The molecule has 682 valence electrons. The highest BCUT2D eigenvalue weighted by atomic mass is 16.3. The van der Waals surface area contributed by atoms with Crippen LogP contribution in [0.1, 0.15) is 99.9 Å². The molecule has 4 aliphatic rings. The van der Waals surface area contributed by atoms with Crippen LogP contribution in [0.3, 0.4) is 0 Å². The topological polar surface area (TPSA) is 54.2 Å². The summed E-state index contributed by atoms with van der Waals surface area (Å²) in [6.45, 7) is 19.1. The van der Waals surface area contributed by atoms with Gasteiger partial charge in [-0.25, -0.2) is 0 Å². The van der Waals surface area contributed by atoms with E-state index in [9.17, 15) is 0 Å². The van der Waals surface area contributed by atoms with Gasteiger partial charge in [-0.1, -0.05) is 395 Å². The lowest BCUT2D eigenvalue weighted by Crippen LogP contribution is -2.17. The number of hydrogen-bond acceptors (Lipinski definition) is 3. The Labute approximate surface area is 833 Å². The molecule has 0 aliphatic heterocycles. The molecule has 6 heteroatoms. The van der Waals surface area contributed by atoms with Gasteiger partial charge in [-0.3, -0.25) is 0 Å². The Kier molecular flexibility index (Phi) is 17.9. The monoisotopic (exact) mass is 1840 g/mol. The van der Waals surface area contributed by atoms with Crippen LogP contribution < -0.4 is 0 Å². The van der Waals surface area contributed by atoms with Gasteiger partial charge in [-0.2, -0.15) is 0 Å². The van der Waals surface area contributed by atoms with E-state index in [4.69, 9.17) is 13.3 Å². The number of nitrogens with zero attached hydrogens (tertiary/aromatic N) is 3. The molecular formula is C138H97N3O3. The van der Waals surface area contributed by atoms with Crippen LogP contribution in [0, 0.1) is 0 Å². The minimum atomic E-state index is -0.167. The summed E-state index contributed by atoms with van der Waals surface area (Å²) in [7, 11) is 0. The van der Waals surface area contributed by atoms with Gasteiger partial charge in [0.2, 0.25) is 0 Å². The fraction of sp³-hybridized carbons (Fsp3) is 0.0870. The summed E-state index contributed by atoms with van der Waals surface area (Å²) in [5.41, 5.74) is 50.1. The number of furan rings is 3. The highest BCUT2D eigenvalue weighted by molar-refractivity contribution is 6.18. The summed E-state index contributed by atoms with van der Waals surface area (Å²) in [6.07, 6.45) is 0. The molecule has 6 heterocycles. The van der Waals surface area contributed by atoms with Gasteiger partial charge >= 0.3 is 0 Å². The van der Waals surface area contributed by atoms with Crippen LogP contribution in [-0.2, 0) is 21.7 Å². The Balaban J connectivity index is 0.000000103. The molecule has 0 radical (unpaired) electrons. The normalized spacial score (nSPS) is 14.1. The zero-order valence-corrected chi connectivity index (χ0v) is 81.2. The Bertz CT molecular complexity index is 10100. The molecule has 0 amide bonds. The predicted octanol–water partition coefficient (Wildman–Crippen LogP) is 37.6. The van der Waals surface area contributed by atoms with E-state index in [0.717, 1.165) is 76.9 Å². The summed E-state index contributed by atoms with van der Waals surface area (Å²) in [5.74, 6) is 0. The second kappa shape index (κ2) is 31.0.